The minimum absolute atomic E-state index is 0.0171. The van der Waals surface area contributed by atoms with Gasteiger partial charge in [-0.25, -0.2) is 0 Å². The lowest BCUT2D eigenvalue weighted by atomic mass is 9.33. The fourth-order valence-corrected chi connectivity index (χ4v) is 10.8. The van der Waals surface area contributed by atoms with Crippen LogP contribution in [0, 0.1) is 50.2 Å². The number of aliphatic hydroxyl groups excluding tert-OH is 3. The van der Waals surface area contributed by atoms with Crippen molar-refractivity contribution in [1.82, 2.24) is 0 Å². The zero-order valence-electron chi connectivity index (χ0n) is 23.3. The standard InChI is InChI=1S/C30H46O7/c1-25(2)11-12-30(24(36)37)17(13-25)16-7-8-19-26(3)14-18(31)22(33)29(6,23(34)35)20(26)9-10-27(19,4)28(16,5)15-21(30)32/h7,17-22,31-33H,8-15H2,1-6H3,(H,34,35)(H,36,37). The Labute approximate surface area is 220 Å². The summed E-state index contributed by atoms with van der Waals surface area (Å²) in [7, 11) is 0. The van der Waals surface area contributed by atoms with Crippen LogP contribution in [-0.4, -0.2) is 55.8 Å². The SMILES string of the molecule is CC1(C)CCC2(C(=O)O)C(O)CC3(C)C(=CCC4C5(C)CC(O)C(O)C(C)(C(=O)O)C5CCC43C)C2C1. The fraction of sp³-hybridized carbons (Fsp3) is 0.867. The van der Waals surface area contributed by atoms with E-state index >= 15 is 0 Å². The highest BCUT2D eigenvalue weighted by Gasteiger charge is 2.73. The molecular weight excluding hydrogens is 472 g/mol. The molecule has 5 N–H and O–H groups in total. The maximum absolute atomic E-state index is 12.8. The quantitative estimate of drug-likeness (QED) is 0.345. The van der Waals surface area contributed by atoms with Crippen molar-refractivity contribution in [2.45, 2.75) is 111 Å². The second kappa shape index (κ2) is 7.82. The first-order valence-corrected chi connectivity index (χ1v) is 14.1. The van der Waals surface area contributed by atoms with Crippen molar-refractivity contribution in [3.63, 3.8) is 0 Å². The van der Waals surface area contributed by atoms with Gasteiger partial charge in [-0.2, -0.15) is 0 Å². The van der Waals surface area contributed by atoms with Crippen molar-refractivity contribution in [2.24, 2.45) is 50.2 Å². The van der Waals surface area contributed by atoms with E-state index in [2.05, 4.69) is 40.7 Å². The van der Waals surface area contributed by atoms with Crippen molar-refractivity contribution < 1.29 is 35.1 Å². The minimum atomic E-state index is -1.45. The van der Waals surface area contributed by atoms with Crippen LogP contribution in [0.4, 0.5) is 0 Å². The third-order valence-corrected chi connectivity index (χ3v) is 13.2. The molecule has 0 bridgehead atoms. The van der Waals surface area contributed by atoms with Crippen LogP contribution in [0.2, 0.25) is 0 Å². The molecule has 7 heteroatoms. The normalized spacial score (nSPS) is 54.6. The lowest BCUT2D eigenvalue weighted by Crippen LogP contribution is -2.70. The Hall–Kier alpha value is -1.44. The van der Waals surface area contributed by atoms with E-state index in [0.29, 0.717) is 32.1 Å². The summed E-state index contributed by atoms with van der Waals surface area (Å²) in [6.07, 6.45) is 3.53. The van der Waals surface area contributed by atoms with Gasteiger partial charge in [-0.15, -0.1) is 0 Å². The van der Waals surface area contributed by atoms with Crippen LogP contribution in [0.5, 0.6) is 0 Å². The number of carbonyl (C=O) groups is 2. The van der Waals surface area contributed by atoms with E-state index in [9.17, 15) is 35.1 Å². The van der Waals surface area contributed by atoms with Crippen LogP contribution < -0.4 is 0 Å². The highest BCUT2D eigenvalue weighted by Crippen LogP contribution is 2.75. The molecule has 5 aliphatic rings. The number of aliphatic hydroxyl groups is 3. The average Bonchev–Trinajstić information content (AvgIpc) is 2.77. The Morgan fingerprint density at radius 1 is 0.838 bits per heavy atom. The molecule has 0 aromatic rings. The summed E-state index contributed by atoms with van der Waals surface area (Å²) in [4.78, 5) is 25.4. The molecule has 0 saturated heterocycles. The van der Waals surface area contributed by atoms with Crippen molar-refractivity contribution >= 4 is 11.9 Å². The largest absolute Gasteiger partial charge is 0.481 e. The van der Waals surface area contributed by atoms with Crippen molar-refractivity contribution in [3.05, 3.63) is 11.6 Å². The molecule has 5 aliphatic carbocycles. The number of hydrogen-bond donors (Lipinski definition) is 5. The monoisotopic (exact) mass is 518 g/mol. The Balaban J connectivity index is 1.65. The molecule has 0 aliphatic heterocycles. The van der Waals surface area contributed by atoms with Gasteiger partial charge in [-0.05, 0) is 97.7 Å². The minimum Gasteiger partial charge on any atom is -0.481 e. The van der Waals surface area contributed by atoms with Gasteiger partial charge in [0.2, 0.25) is 0 Å². The molecule has 0 spiro atoms. The number of hydrogen-bond acceptors (Lipinski definition) is 5. The summed E-state index contributed by atoms with van der Waals surface area (Å²) < 4.78 is 0. The summed E-state index contributed by atoms with van der Waals surface area (Å²) in [5.74, 6) is -2.47. The number of allylic oxidation sites excluding steroid dienone is 2. The van der Waals surface area contributed by atoms with Gasteiger partial charge in [0.25, 0.3) is 0 Å². The van der Waals surface area contributed by atoms with Gasteiger partial charge in [-0.3, -0.25) is 9.59 Å². The van der Waals surface area contributed by atoms with E-state index in [4.69, 9.17) is 0 Å². The lowest BCUT2D eigenvalue weighted by Gasteiger charge is -2.71. The molecule has 208 valence electrons. The highest BCUT2D eigenvalue weighted by molar-refractivity contribution is 5.78. The summed E-state index contributed by atoms with van der Waals surface area (Å²) in [5, 5.41) is 54.3. The van der Waals surface area contributed by atoms with Gasteiger partial charge >= 0.3 is 11.9 Å². The number of carboxylic acids is 2. The van der Waals surface area contributed by atoms with E-state index in [1.165, 1.54) is 5.57 Å². The van der Waals surface area contributed by atoms with E-state index in [1.54, 1.807) is 6.92 Å². The van der Waals surface area contributed by atoms with E-state index < -0.39 is 51.9 Å². The third-order valence-electron chi connectivity index (χ3n) is 13.2. The zero-order chi connectivity index (χ0) is 27.6. The Morgan fingerprint density at radius 2 is 1.49 bits per heavy atom. The van der Waals surface area contributed by atoms with Crippen molar-refractivity contribution in [1.29, 1.82) is 0 Å². The van der Waals surface area contributed by atoms with Gasteiger partial charge in [0, 0.05) is 0 Å². The fourth-order valence-electron chi connectivity index (χ4n) is 10.8. The maximum Gasteiger partial charge on any atom is 0.312 e. The van der Waals surface area contributed by atoms with E-state index in [0.717, 1.165) is 19.3 Å². The first kappa shape index (κ1) is 27.1. The topological polar surface area (TPSA) is 135 Å². The Kier molecular flexibility index (Phi) is 5.73. The molecule has 11 unspecified atom stereocenters. The molecule has 0 aromatic carbocycles. The summed E-state index contributed by atoms with van der Waals surface area (Å²) >= 11 is 0. The zero-order valence-corrected chi connectivity index (χ0v) is 23.3. The number of fused-ring (bicyclic) bond motifs is 7. The van der Waals surface area contributed by atoms with E-state index in [-0.39, 0.29) is 28.6 Å². The van der Waals surface area contributed by atoms with Crippen LogP contribution in [-0.2, 0) is 9.59 Å². The van der Waals surface area contributed by atoms with Crippen LogP contribution >= 0.6 is 0 Å². The molecular formula is C30H46O7. The second-order valence-electron chi connectivity index (χ2n) is 15.1. The summed E-state index contributed by atoms with van der Waals surface area (Å²) in [5.41, 5.74) is -2.74. The molecule has 0 heterocycles. The highest BCUT2D eigenvalue weighted by atomic mass is 16.4. The number of aliphatic carboxylic acids is 2. The molecule has 4 fully saturated rings. The Bertz CT molecular complexity index is 1050. The molecule has 37 heavy (non-hydrogen) atoms. The van der Waals surface area contributed by atoms with Crippen LogP contribution in [0.15, 0.2) is 11.6 Å². The van der Waals surface area contributed by atoms with Gasteiger partial charge in [0.1, 0.15) is 5.41 Å². The first-order chi connectivity index (χ1) is 16.9. The Morgan fingerprint density at radius 3 is 2.08 bits per heavy atom. The van der Waals surface area contributed by atoms with Gasteiger partial charge < -0.3 is 25.5 Å². The van der Waals surface area contributed by atoms with Gasteiger partial charge in [-0.1, -0.05) is 46.3 Å². The van der Waals surface area contributed by atoms with Crippen LogP contribution in [0.25, 0.3) is 0 Å². The van der Waals surface area contributed by atoms with Gasteiger partial charge in [0.15, 0.2) is 0 Å². The molecule has 0 amide bonds. The lowest BCUT2D eigenvalue weighted by molar-refractivity contribution is -0.244. The van der Waals surface area contributed by atoms with E-state index in [1.807, 2.05) is 0 Å². The predicted octanol–water partition coefficient (Wildman–Crippen LogP) is 4.24. The number of carboxylic acid groups (broad SMARTS) is 2. The van der Waals surface area contributed by atoms with Crippen LogP contribution in [0.3, 0.4) is 0 Å². The summed E-state index contributed by atoms with van der Waals surface area (Å²) in [6.45, 7) is 12.5. The molecule has 0 aromatic heterocycles. The first-order valence-electron chi connectivity index (χ1n) is 14.1. The molecule has 0 radical (unpaired) electrons. The number of rotatable bonds is 2. The molecule has 5 rings (SSSR count). The van der Waals surface area contributed by atoms with Gasteiger partial charge in [0.05, 0.1) is 23.7 Å². The molecule has 7 nitrogen and oxygen atoms in total. The third kappa shape index (κ3) is 3.11. The molecule has 4 saturated carbocycles. The molecule has 11 atom stereocenters. The van der Waals surface area contributed by atoms with Crippen molar-refractivity contribution in [3.8, 4) is 0 Å². The summed E-state index contributed by atoms with van der Waals surface area (Å²) in [6, 6.07) is 0. The second-order valence-corrected chi connectivity index (χ2v) is 15.1. The maximum atomic E-state index is 12.8. The smallest absolute Gasteiger partial charge is 0.312 e. The average molecular weight is 519 g/mol. The van der Waals surface area contributed by atoms with Crippen molar-refractivity contribution in [2.75, 3.05) is 0 Å². The van der Waals surface area contributed by atoms with Crippen LogP contribution in [0.1, 0.15) is 92.9 Å². The predicted molar refractivity (Wildman–Crippen MR) is 137 cm³/mol.